The fourth-order valence-electron chi connectivity index (χ4n) is 3.07. The molecule has 0 heterocycles. The molecule has 29 heavy (non-hydrogen) atoms. The van der Waals surface area contributed by atoms with E-state index in [0.717, 1.165) is 31.3 Å². The number of benzene rings is 2. The molecule has 0 aliphatic carbocycles. The molecule has 0 unspecified atom stereocenters. The molecule has 0 amide bonds. The molecule has 3 heteroatoms. The molecule has 0 aliphatic heterocycles. The van der Waals surface area contributed by atoms with Gasteiger partial charge in [0, 0.05) is 6.08 Å². The van der Waals surface area contributed by atoms with Gasteiger partial charge < -0.3 is 9.84 Å². The number of ether oxygens (including phenoxy) is 1. The summed E-state index contributed by atoms with van der Waals surface area (Å²) in [5, 5.41) is 8.55. The van der Waals surface area contributed by atoms with Gasteiger partial charge in [-0.25, -0.2) is 4.79 Å². The summed E-state index contributed by atoms with van der Waals surface area (Å²) in [6.45, 7) is 3.03. The number of hydrogen-bond acceptors (Lipinski definition) is 2. The average molecular weight is 393 g/mol. The van der Waals surface area contributed by atoms with Gasteiger partial charge in [-0.15, -0.1) is 0 Å². The normalized spacial score (nSPS) is 11.3. The Bertz CT molecular complexity index is 771. The zero-order valence-electron chi connectivity index (χ0n) is 17.3. The summed E-state index contributed by atoms with van der Waals surface area (Å²) in [7, 11) is 0. The van der Waals surface area contributed by atoms with Gasteiger partial charge in [0.2, 0.25) is 0 Å². The summed E-state index contributed by atoms with van der Waals surface area (Å²) in [4.78, 5) is 10.4. The number of rotatable bonds is 13. The average Bonchev–Trinajstić information content (AvgIpc) is 2.74. The lowest BCUT2D eigenvalue weighted by Gasteiger charge is -2.08. The molecule has 0 aliphatic rings. The summed E-state index contributed by atoms with van der Waals surface area (Å²) in [6.07, 6.45) is 14.8. The van der Waals surface area contributed by atoms with Gasteiger partial charge in [0.05, 0.1) is 6.61 Å². The minimum absolute atomic E-state index is 0.773. The topological polar surface area (TPSA) is 46.5 Å². The van der Waals surface area contributed by atoms with E-state index in [2.05, 4.69) is 43.3 Å². The van der Waals surface area contributed by atoms with Crippen LogP contribution in [0, 0.1) is 0 Å². The van der Waals surface area contributed by atoms with Gasteiger partial charge in [-0.3, -0.25) is 0 Å². The Hall–Kier alpha value is -2.81. The molecule has 154 valence electrons. The third-order valence-electron chi connectivity index (χ3n) is 4.75. The molecule has 2 rings (SSSR count). The highest BCUT2D eigenvalue weighted by Crippen LogP contribution is 2.23. The van der Waals surface area contributed by atoms with Crippen molar-refractivity contribution < 1.29 is 14.6 Å². The number of carboxylic acid groups (broad SMARTS) is 1. The first kappa shape index (κ1) is 22.5. The van der Waals surface area contributed by atoms with Crippen LogP contribution in [-0.4, -0.2) is 17.7 Å². The molecule has 0 bridgehead atoms. The monoisotopic (exact) mass is 392 g/mol. The second kappa shape index (κ2) is 13.4. The van der Waals surface area contributed by atoms with Crippen molar-refractivity contribution in [3.8, 4) is 16.9 Å². The van der Waals surface area contributed by atoms with Gasteiger partial charge in [-0.2, -0.15) is 0 Å². The minimum atomic E-state index is -0.933. The molecule has 2 aromatic carbocycles. The number of allylic oxidation sites excluding steroid dienone is 3. The Balaban J connectivity index is 1.77. The molecule has 0 fully saturated rings. The van der Waals surface area contributed by atoms with Crippen molar-refractivity contribution >= 4 is 5.97 Å². The van der Waals surface area contributed by atoms with E-state index in [0.29, 0.717) is 0 Å². The summed E-state index contributed by atoms with van der Waals surface area (Å²) >= 11 is 0. The summed E-state index contributed by atoms with van der Waals surface area (Å²) in [6, 6.07) is 16.7. The zero-order chi connectivity index (χ0) is 20.7. The van der Waals surface area contributed by atoms with E-state index in [4.69, 9.17) is 9.84 Å². The first-order valence-electron chi connectivity index (χ1n) is 10.6. The molecule has 0 radical (unpaired) electrons. The van der Waals surface area contributed by atoms with E-state index in [-0.39, 0.29) is 0 Å². The molecule has 2 aromatic rings. The molecular formula is C26H32O3. The Morgan fingerprint density at radius 2 is 1.48 bits per heavy atom. The molecule has 0 aromatic heterocycles. The molecule has 0 spiro atoms. The van der Waals surface area contributed by atoms with Crippen LogP contribution in [-0.2, 0) is 11.2 Å². The lowest BCUT2D eigenvalue weighted by Crippen LogP contribution is -1.97. The summed E-state index contributed by atoms with van der Waals surface area (Å²) < 4.78 is 5.85. The smallest absolute Gasteiger partial charge is 0.328 e. The maximum atomic E-state index is 10.4. The maximum Gasteiger partial charge on any atom is 0.328 e. The van der Waals surface area contributed by atoms with E-state index < -0.39 is 5.97 Å². The zero-order valence-corrected chi connectivity index (χ0v) is 17.3. The molecule has 3 nitrogen and oxygen atoms in total. The quantitative estimate of drug-likeness (QED) is 0.231. The number of hydrogen-bond donors (Lipinski definition) is 1. The van der Waals surface area contributed by atoms with Gasteiger partial charge in [0.25, 0.3) is 0 Å². The largest absolute Gasteiger partial charge is 0.494 e. The van der Waals surface area contributed by atoms with Crippen LogP contribution in [0.25, 0.3) is 11.1 Å². The van der Waals surface area contributed by atoms with Crippen molar-refractivity contribution in [3.05, 3.63) is 78.4 Å². The highest BCUT2D eigenvalue weighted by atomic mass is 16.5. The van der Waals surface area contributed by atoms with Crippen LogP contribution in [0.2, 0.25) is 0 Å². The first-order valence-corrected chi connectivity index (χ1v) is 10.6. The highest BCUT2D eigenvalue weighted by molar-refractivity contribution is 5.80. The van der Waals surface area contributed by atoms with Crippen LogP contribution < -0.4 is 4.74 Å². The fraction of sp³-hybridized carbons (Fsp3) is 0.346. The van der Waals surface area contributed by atoms with Crippen molar-refractivity contribution in [2.24, 2.45) is 0 Å². The minimum Gasteiger partial charge on any atom is -0.494 e. The Kier molecular flexibility index (Phi) is 10.4. The molecule has 1 N–H and O–H groups in total. The summed E-state index contributed by atoms with van der Waals surface area (Å²) in [5.74, 6) is -0.00342. The summed E-state index contributed by atoms with van der Waals surface area (Å²) in [5.41, 5.74) is 3.53. The molecule has 0 atom stereocenters. The highest BCUT2D eigenvalue weighted by Gasteiger charge is 2.00. The standard InChI is InChI=1S/C26H32O3/c1-2-3-4-5-6-10-21-29-25-19-17-24(18-20-25)23-15-13-22(14-16-23)11-8-7-9-12-26(27)28/h7-9,12-20H,2-6,10-11,21H2,1H3,(H,27,28). The van der Waals surface area contributed by atoms with Gasteiger partial charge in [0.1, 0.15) is 5.75 Å². The van der Waals surface area contributed by atoms with Crippen molar-refractivity contribution in [3.63, 3.8) is 0 Å². The lowest BCUT2D eigenvalue weighted by atomic mass is 10.0. The van der Waals surface area contributed by atoms with E-state index in [9.17, 15) is 4.79 Å². The third kappa shape index (κ3) is 9.29. The maximum absolute atomic E-state index is 10.4. The van der Waals surface area contributed by atoms with Crippen LogP contribution >= 0.6 is 0 Å². The second-order valence-corrected chi connectivity index (χ2v) is 7.17. The van der Waals surface area contributed by atoms with Gasteiger partial charge in [-0.05, 0) is 41.7 Å². The Labute approximate surface area is 174 Å². The SMILES string of the molecule is CCCCCCCCOc1ccc(-c2ccc(CC=CC=CC(=O)O)cc2)cc1. The second-order valence-electron chi connectivity index (χ2n) is 7.17. The number of unbranched alkanes of at least 4 members (excludes halogenated alkanes) is 5. The van der Waals surface area contributed by atoms with E-state index in [1.54, 1.807) is 6.08 Å². The Morgan fingerprint density at radius 3 is 2.14 bits per heavy atom. The predicted octanol–water partition coefficient (Wildman–Crippen LogP) is 6.83. The number of carboxylic acids is 1. The van der Waals surface area contributed by atoms with Crippen molar-refractivity contribution in [1.29, 1.82) is 0 Å². The number of carbonyl (C=O) groups is 1. The van der Waals surface area contributed by atoms with Gasteiger partial charge >= 0.3 is 5.97 Å². The van der Waals surface area contributed by atoms with Crippen molar-refractivity contribution in [1.82, 2.24) is 0 Å². The predicted molar refractivity (Wildman–Crippen MR) is 120 cm³/mol. The van der Waals surface area contributed by atoms with E-state index in [1.165, 1.54) is 54.9 Å². The lowest BCUT2D eigenvalue weighted by molar-refractivity contribution is -0.131. The molecule has 0 saturated carbocycles. The first-order chi connectivity index (χ1) is 14.2. The van der Waals surface area contributed by atoms with Gasteiger partial charge in [0.15, 0.2) is 0 Å². The van der Waals surface area contributed by atoms with Crippen LogP contribution in [0.15, 0.2) is 72.8 Å². The molecular weight excluding hydrogens is 360 g/mol. The van der Waals surface area contributed by atoms with E-state index in [1.807, 2.05) is 18.2 Å². The van der Waals surface area contributed by atoms with Crippen LogP contribution in [0.5, 0.6) is 5.75 Å². The van der Waals surface area contributed by atoms with Crippen LogP contribution in [0.4, 0.5) is 0 Å². The molecule has 0 saturated heterocycles. The van der Waals surface area contributed by atoms with Gasteiger partial charge in [-0.1, -0.05) is 93.7 Å². The van der Waals surface area contributed by atoms with Crippen LogP contribution in [0.3, 0.4) is 0 Å². The van der Waals surface area contributed by atoms with Crippen molar-refractivity contribution in [2.45, 2.75) is 51.9 Å². The van der Waals surface area contributed by atoms with Crippen LogP contribution in [0.1, 0.15) is 51.0 Å². The fourth-order valence-corrected chi connectivity index (χ4v) is 3.07. The van der Waals surface area contributed by atoms with E-state index >= 15 is 0 Å². The Morgan fingerprint density at radius 1 is 0.862 bits per heavy atom. The van der Waals surface area contributed by atoms with Crippen molar-refractivity contribution in [2.75, 3.05) is 6.61 Å². The third-order valence-corrected chi connectivity index (χ3v) is 4.75. The number of aliphatic carboxylic acids is 1.